The number of aromatic amines is 1. The lowest BCUT2D eigenvalue weighted by Crippen LogP contribution is -2.50. The van der Waals surface area contributed by atoms with Gasteiger partial charge in [0.15, 0.2) is 0 Å². The average molecular weight is 393 g/mol. The van der Waals surface area contributed by atoms with E-state index < -0.39 is 6.04 Å². The monoisotopic (exact) mass is 393 g/mol. The number of benzene rings is 1. The molecule has 2 heterocycles. The van der Waals surface area contributed by atoms with Crippen LogP contribution in [0.15, 0.2) is 53.6 Å². The first-order valence-corrected chi connectivity index (χ1v) is 9.38. The fourth-order valence-electron chi connectivity index (χ4n) is 3.02. The molecule has 2 amide bonds. The maximum absolute atomic E-state index is 12.6. The van der Waals surface area contributed by atoms with Crippen LogP contribution >= 0.6 is 0 Å². The predicted octanol–water partition coefficient (Wildman–Crippen LogP) is 1.32. The lowest BCUT2D eigenvalue weighted by molar-refractivity contribution is -0.129. The molecule has 3 N–H and O–H groups in total. The van der Waals surface area contributed by atoms with Crippen LogP contribution in [0, 0.1) is 5.92 Å². The molecule has 29 heavy (non-hydrogen) atoms. The number of carbonyl (C=O) groups excluding carboxylic acids is 2. The van der Waals surface area contributed by atoms with E-state index in [1.54, 1.807) is 42.7 Å². The molecule has 8 nitrogen and oxygen atoms in total. The van der Waals surface area contributed by atoms with Crippen LogP contribution in [0.5, 0.6) is 0 Å². The summed E-state index contributed by atoms with van der Waals surface area (Å²) in [5, 5.41) is 13.1. The zero-order chi connectivity index (χ0) is 20.8. The molecule has 0 fully saturated rings. The first-order chi connectivity index (χ1) is 14.0. The van der Waals surface area contributed by atoms with Crippen LogP contribution in [-0.2, 0) is 22.6 Å². The molecule has 1 atom stereocenters. The topological polar surface area (TPSA) is 117 Å². The Labute approximate surface area is 167 Å². The summed E-state index contributed by atoms with van der Waals surface area (Å²) in [6.45, 7) is 4.06. The molecule has 3 aromatic rings. The van der Waals surface area contributed by atoms with E-state index in [-0.39, 0.29) is 29.7 Å². The quantitative estimate of drug-likeness (QED) is 0.560. The Kier molecular flexibility index (Phi) is 6.33. The molecule has 0 spiro atoms. The van der Waals surface area contributed by atoms with E-state index in [1.807, 2.05) is 19.9 Å². The number of nitrogens with one attached hydrogen (secondary N) is 3. The van der Waals surface area contributed by atoms with Gasteiger partial charge < -0.3 is 10.6 Å². The largest absolute Gasteiger partial charge is 0.350 e. The maximum atomic E-state index is 12.6. The van der Waals surface area contributed by atoms with Crippen LogP contribution in [0.2, 0.25) is 0 Å². The minimum atomic E-state index is -0.687. The third-order valence-corrected chi connectivity index (χ3v) is 4.56. The summed E-state index contributed by atoms with van der Waals surface area (Å²) in [5.74, 6) is -0.713. The molecule has 1 unspecified atom stereocenters. The summed E-state index contributed by atoms with van der Waals surface area (Å²) in [6, 6.07) is 9.94. The van der Waals surface area contributed by atoms with Gasteiger partial charge in [-0.1, -0.05) is 38.1 Å². The molecule has 0 saturated carbocycles. The van der Waals surface area contributed by atoms with Gasteiger partial charge in [0.25, 0.3) is 5.56 Å². The number of hydrogen-bond acceptors (Lipinski definition) is 5. The Morgan fingerprint density at radius 2 is 1.86 bits per heavy atom. The predicted molar refractivity (Wildman–Crippen MR) is 109 cm³/mol. The maximum Gasteiger partial charge on any atom is 0.272 e. The number of H-pyrrole nitrogens is 1. The number of pyridine rings is 1. The van der Waals surface area contributed by atoms with Crippen LogP contribution in [0.1, 0.15) is 25.1 Å². The summed E-state index contributed by atoms with van der Waals surface area (Å²) in [5.41, 5.74) is 1.02. The van der Waals surface area contributed by atoms with Crippen molar-refractivity contribution in [3.8, 4) is 0 Å². The highest BCUT2D eigenvalue weighted by molar-refractivity contribution is 5.91. The van der Waals surface area contributed by atoms with Gasteiger partial charge in [0.2, 0.25) is 11.8 Å². The van der Waals surface area contributed by atoms with Crippen molar-refractivity contribution in [3.63, 3.8) is 0 Å². The molecular weight excluding hydrogens is 370 g/mol. The van der Waals surface area contributed by atoms with E-state index >= 15 is 0 Å². The van der Waals surface area contributed by atoms with Crippen LogP contribution in [0.3, 0.4) is 0 Å². The SMILES string of the molecule is CC(C)C(NC(=O)Cc1n[nH]c(=O)c2ccccc12)C(=O)NCc1cccnc1. The number of nitrogens with zero attached hydrogens (tertiary/aromatic N) is 2. The zero-order valence-electron chi connectivity index (χ0n) is 16.3. The van der Waals surface area contributed by atoms with Crippen molar-refractivity contribution in [2.45, 2.75) is 32.9 Å². The molecule has 1 aromatic carbocycles. The van der Waals surface area contributed by atoms with Crippen molar-refractivity contribution < 1.29 is 9.59 Å². The third-order valence-electron chi connectivity index (χ3n) is 4.56. The van der Waals surface area contributed by atoms with Crippen molar-refractivity contribution in [3.05, 3.63) is 70.4 Å². The summed E-state index contributed by atoms with van der Waals surface area (Å²) in [7, 11) is 0. The van der Waals surface area contributed by atoms with Crippen molar-refractivity contribution in [2.24, 2.45) is 5.92 Å². The lowest BCUT2D eigenvalue weighted by Gasteiger charge is -2.21. The number of aromatic nitrogens is 3. The Morgan fingerprint density at radius 1 is 1.10 bits per heavy atom. The highest BCUT2D eigenvalue weighted by Gasteiger charge is 2.24. The average Bonchev–Trinajstić information content (AvgIpc) is 2.73. The molecule has 8 heteroatoms. The van der Waals surface area contributed by atoms with Gasteiger partial charge in [-0.25, -0.2) is 5.10 Å². The van der Waals surface area contributed by atoms with Crippen molar-refractivity contribution in [2.75, 3.05) is 0 Å². The summed E-state index contributed by atoms with van der Waals surface area (Å²) in [6.07, 6.45) is 3.30. The highest BCUT2D eigenvalue weighted by atomic mass is 16.2. The second-order valence-electron chi connectivity index (χ2n) is 7.09. The second kappa shape index (κ2) is 9.09. The molecule has 150 valence electrons. The zero-order valence-corrected chi connectivity index (χ0v) is 16.3. The number of fused-ring (bicyclic) bond motifs is 1. The first kappa shape index (κ1) is 20.2. The van der Waals surface area contributed by atoms with Gasteiger partial charge in [-0.15, -0.1) is 0 Å². The van der Waals surface area contributed by atoms with Gasteiger partial charge in [-0.05, 0) is 23.6 Å². The molecular formula is C21H23N5O3. The standard InChI is InChI=1S/C21H23N5O3/c1-13(2)19(21(29)23-12-14-6-5-9-22-11-14)24-18(27)10-17-15-7-3-4-8-16(15)20(28)26-25-17/h3-9,11,13,19H,10,12H2,1-2H3,(H,23,29)(H,24,27)(H,26,28). The van der Waals surface area contributed by atoms with Gasteiger partial charge in [-0.3, -0.25) is 19.4 Å². The number of hydrogen-bond donors (Lipinski definition) is 3. The van der Waals surface area contributed by atoms with Gasteiger partial charge in [0.1, 0.15) is 6.04 Å². The third kappa shape index (κ3) is 5.04. The minimum absolute atomic E-state index is 0.0452. The van der Waals surface area contributed by atoms with Crippen molar-refractivity contribution in [1.29, 1.82) is 0 Å². The number of amides is 2. The smallest absolute Gasteiger partial charge is 0.272 e. The Bertz CT molecular complexity index is 1060. The van der Waals surface area contributed by atoms with Gasteiger partial charge in [0.05, 0.1) is 17.5 Å². The number of carbonyl (C=O) groups is 2. The molecule has 2 aromatic heterocycles. The molecule has 0 saturated heterocycles. The molecule has 0 aliphatic carbocycles. The Morgan fingerprint density at radius 3 is 2.55 bits per heavy atom. The lowest BCUT2D eigenvalue weighted by atomic mass is 10.0. The van der Waals surface area contributed by atoms with E-state index in [1.165, 1.54) is 0 Å². The highest BCUT2D eigenvalue weighted by Crippen LogP contribution is 2.13. The summed E-state index contributed by atoms with van der Waals surface area (Å²) in [4.78, 5) is 41.1. The van der Waals surface area contributed by atoms with Crippen LogP contribution in [-0.4, -0.2) is 33.0 Å². The molecule has 0 aliphatic heterocycles. The van der Waals surface area contributed by atoms with E-state index in [4.69, 9.17) is 0 Å². The van der Waals surface area contributed by atoms with E-state index in [2.05, 4.69) is 25.8 Å². The Hall–Kier alpha value is -3.55. The van der Waals surface area contributed by atoms with Gasteiger partial charge in [-0.2, -0.15) is 5.10 Å². The fourth-order valence-corrected chi connectivity index (χ4v) is 3.02. The normalized spacial score (nSPS) is 12.0. The van der Waals surface area contributed by atoms with Crippen molar-refractivity contribution in [1.82, 2.24) is 25.8 Å². The molecule has 0 radical (unpaired) electrons. The van der Waals surface area contributed by atoms with Crippen LogP contribution < -0.4 is 16.2 Å². The Balaban J connectivity index is 1.68. The second-order valence-corrected chi connectivity index (χ2v) is 7.09. The van der Waals surface area contributed by atoms with Crippen LogP contribution in [0.25, 0.3) is 10.8 Å². The van der Waals surface area contributed by atoms with Crippen LogP contribution in [0.4, 0.5) is 0 Å². The summed E-state index contributed by atoms with van der Waals surface area (Å²) >= 11 is 0. The van der Waals surface area contributed by atoms with E-state index in [9.17, 15) is 14.4 Å². The minimum Gasteiger partial charge on any atom is -0.350 e. The number of rotatable bonds is 7. The summed E-state index contributed by atoms with van der Waals surface area (Å²) < 4.78 is 0. The van der Waals surface area contributed by atoms with E-state index in [0.29, 0.717) is 23.0 Å². The first-order valence-electron chi connectivity index (χ1n) is 9.38. The molecule has 0 aliphatic rings. The van der Waals surface area contributed by atoms with E-state index in [0.717, 1.165) is 5.56 Å². The van der Waals surface area contributed by atoms with Crippen molar-refractivity contribution >= 4 is 22.6 Å². The molecule has 0 bridgehead atoms. The fraction of sp³-hybridized carbons (Fsp3) is 0.286. The van der Waals surface area contributed by atoms with Gasteiger partial charge >= 0.3 is 0 Å². The van der Waals surface area contributed by atoms with Gasteiger partial charge in [0, 0.05) is 24.3 Å². The molecule has 3 rings (SSSR count).